The minimum Gasteiger partial charge on any atom is -0.383 e. The smallest absolute Gasteiger partial charge is 0.128 e. The molecule has 1 N–H and O–H groups in total. The summed E-state index contributed by atoms with van der Waals surface area (Å²) in [5.74, 6) is -0.215. The summed E-state index contributed by atoms with van der Waals surface area (Å²) in [5, 5.41) is 7.61. The van der Waals surface area contributed by atoms with E-state index in [9.17, 15) is 4.39 Å². The van der Waals surface area contributed by atoms with Gasteiger partial charge in [-0.15, -0.1) is 0 Å². The maximum Gasteiger partial charge on any atom is 0.128 e. The molecule has 1 heterocycles. The van der Waals surface area contributed by atoms with Gasteiger partial charge in [0, 0.05) is 26.4 Å². The lowest BCUT2D eigenvalue weighted by atomic mass is 10.2. The molecule has 4 nitrogen and oxygen atoms in total. The zero-order valence-corrected chi connectivity index (χ0v) is 11.2. The Balaban J connectivity index is 2.01. The Morgan fingerprint density at radius 2 is 2.21 bits per heavy atom. The highest BCUT2D eigenvalue weighted by molar-refractivity contribution is 5.34. The number of ether oxygens (including phenoxy) is 1. The molecule has 0 aliphatic heterocycles. The van der Waals surface area contributed by atoms with Crippen molar-refractivity contribution in [2.45, 2.75) is 13.5 Å². The monoisotopic (exact) mass is 263 g/mol. The number of halogens is 1. The van der Waals surface area contributed by atoms with E-state index >= 15 is 0 Å². The third kappa shape index (κ3) is 3.62. The fourth-order valence-corrected chi connectivity index (χ4v) is 1.71. The SMILES string of the molecule is COCCNCc1ccn(-c2ccc(C)c(F)c2)n1. The second-order valence-corrected chi connectivity index (χ2v) is 4.35. The van der Waals surface area contributed by atoms with E-state index < -0.39 is 0 Å². The summed E-state index contributed by atoms with van der Waals surface area (Å²) in [5.41, 5.74) is 2.28. The Labute approximate surface area is 112 Å². The Bertz CT molecular complexity index is 539. The molecule has 5 heteroatoms. The van der Waals surface area contributed by atoms with Crippen LogP contribution in [0, 0.1) is 12.7 Å². The molecule has 0 aliphatic rings. The molecular formula is C14H18FN3O. The van der Waals surface area contributed by atoms with E-state index in [1.54, 1.807) is 24.8 Å². The number of nitrogens with zero attached hydrogens (tertiary/aromatic N) is 2. The number of aryl methyl sites for hydroxylation is 1. The molecule has 19 heavy (non-hydrogen) atoms. The number of hydrogen-bond donors (Lipinski definition) is 1. The van der Waals surface area contributed by atoms with Crippen LogP contribution in [0.3, 0.4) is 0 Å². The van der Waals surface area contributed by atoms with Gasteiger partial charge in [0.05, 0.1) is 18.0 Å². The molecule has 0 amide bonds. The zero-order valence-electron chi connectivity index (χ0n) is 11.2. The van der Waals surface area contributed by atoms with Crippen LogP contribution < -0.4 is 5.32 Å². The molecule has 2 rings (SSSR count). The predicted octanol–water partition coefficient (Wildman–Crippen LogP) is 2.06. The molecule has 0 unspecified atom stereocenters. The predicted molar refractivity (Wildman–Crippen MR) is 71.8 cm³/mol. The van der Waals surface area contributed by atoms with E-state index in [1.165, 1.54) is 6.07 Å². The number of rotatable bonds is 6. The molecule has 1 aromatic heterocycles. The first-order chi connectivity index (χ1) is 9.20. The first-order valence-corrected chi connectivity index (χ1v) is 6.21. The van der Waals surface area contributed by atoms with Crippen molar-refractivity contribution in [1.82, 2.24) is 15.1 Å². The minimum atomic E-state index is -0.215. The minimum absolute atomic E-state index is 0.215. The van der Waals surface area contributed by atoms with E-state index in [2.05, 4.69) is 10.4 Å². The quantitative estimate of drug-likeness (QED) is 0.811. The van der Waals surface area contributed by atoms with Gasteiger partial charge < -0.3 is 10.1 Å². The second kappa shape index (κ2) is 6.45. The third-order valence-corrected chi connectivity index (χ3v) is 2.85. The van der Waals surface area contributed by atoms with E-state index in [4.69, 9.17) is 4.74 Å². The van der Waals surface area contributed by atoms with Gasteiger partial charge in [-0.3, -0.25) is 0 Å². The first-order valence-electron chi connectivity index (χ1n) is 6.21. The van der Waals surface area contributed by atoms with Crippen molar-refractivity contribution in [3.05, 3.63) is 47.5 Å². The first kappa shape index (κ1) is 13.7. The van der Waals surface area contributed by atoms with Gasteiger partial charge in [0.2, 0.25) is 0 Å². The van der Waals surface area contributed by atoms with E-state index in [1.807, 2.05) is 18.3 Å². The largest absolute Gasteiger partial charge is 0.383 e. The number of benzene rings is 1. The summed E-state index contributed by atoms with van der Waals surface area (Å²) in [4.78, 5) is 0. The molecule has 0 aliphatic carbocycles. The van der Waals surface area contributed by atoms with Crippen LogP contribution in [0.4, 0.5) is 4.39 Å². The Kier molecular flexibility index (Phi) is 4.65. The van der Waals surface area contributed by atoms with Crippen molar-refractivity contribution in [2.75, 3.05) is 20.3 Å². The van der Waals surface area contributed by atoms with Crippen LogP contribution in [0.1, 0.15) is 11.3 Å². The van der Waals surface area contributed by atoms with Crippen molar-refractivity contribution in [2.24, 2.45) is 0 Å². The average molecular weight is 263 g/mol. The van der Waals surface area contributed by atoms with Crippen LogP contribution in [0.5, 0.6) is 0 Å². The van der Waals surface area contributed by atoms with Gasteiger partial charge in [-0.25, -0.2) is 9.07 Å². The van der Waals surface area contributed by atoms with E-state index in [0.717, 1.165) is 17.9 Å². The molecular weight excluding hydrogens is 245 g/mol. The van der Waals surface area contributed by atoms with Gasteiger partial charge in [-0.05, 0) is 30.7 Å². The van der Waals surface area contributed by atoms with Crippen molar-refractivity contribution in [1.29, 1.82) is 0 Å². The maximum atomic E-state index is 13.5. The summed E-state index contributed by atoms with van der Waals surface area (Å²) >= 11 is 0. The molecule has 0 atom stereocenters. The van der Waals surface area contributed by atoms with Gasteiger partial charge in [0.15, 0.2) is 0 Å². The van der Waals surface area contributed by atoms with Gasteiger partial charge in [0.25, 0.3) is 0 Å². The highest BCUT2D eigenvalue weighted by Crippen LogP contribution is 2.13. The Morgan fingerprint density at radius 1 is 1.37 bits per heavy atom. The van der Waals surface area contributed by atoms with Gasteiger partial charge >= 0.3 is 0 Å². The summed E-state index contributed by atoms with van der Waals surface area (Å²) in [6, 6.07) is 7.01. The molecule has 0 spiro atoms. The van der Waals surface area contributed by atoms with Crippen molar-refractivity contribution >= 4 is 0 Å². The highest BCUT2D eigenvalue weighted by Gasteiger charge is 2.04. The molecule has 0 saturated heterocycles. The average Bonchev–Trinajstić information content (AvgIpc) is 2.87. The van der Waals surface area contributed by atoms with Crippen molar-refractivity contribution in [3.8, 4) is 5.69 Å². The normalized spacial score (nSPS) is 10.9. The molecule has 0 radical (unpaired) electrons. The second-order valence-electron chi connectivity index (χ2n) is 4.35. The van der Waals surface area contributed by atoms with Gasteiger partial charge in [-0.1, -0.05) is 6.07 Å². The molecule has 0 fully saturated rings. The fraction of sp³-hybridized carbons (Fsp3) is 0.357. The molecule has 0 bridgehead atoms. The van der Waals surface area contributed by atoms with Crippen LogP contribution in [-0.4, -0.2) is 30.0 Å². The third-order valence-electron chi connectivity index (χ3n) is 2.85. The van der Waals surface area contributed by atoms with Crippen LogP contribution >= 0.6 is 0 Å². The Morgan fingerprint density at radius 3 is 2.95 bits per heavy atom. The van der Waals surface area contributed by atoms with Crippen LogP contribution in [0.15, 0.2) is 30.5 Å². The fourth-order valence-electron chi connectivity index (χ4n) is 1.71. The van der Waals surface area contributed by atoms with Crippen LogP contribution in [0.2, 0.25) is 0 Å². The highest BCUT2D eigenvalue weighted by atomic mass is 19.1. The summed E-state index contributed by atoms with van der Waals surface area (Å²) < 4.78 is 20.1. The lowest BCUT2D eigenvalue weighted by molar-refractivity contribution is 0.199. The number of methoxy groups -OCH3 is 1. The van der Waals surface area contributed by atoms with E-state index in [-0.39, 0.29) is 5.82 Å². The van der Waals surface area contributed by atoms with Gasteiger partial charge in [-0.2, -0.15) is 5.10 Å². The molecule has 2 aromatic rings. The van der Waals surface area contributed by atoms with Crippen LogP contribution in [0.25, 0.3) is 5.69 Å². The number of hydrogen-bond acceptors (Lipinski definition) is 3. The van der Waals surface area contributed by atoms with Gasteiger partial charge in [0.1, 0.15) is 5.82 Å². The summed E-state index contributed by atoms with van der Waals surface area (Å²) in [7, 11) is 1.67. The lowest BCUT2D eigenvalue weighted by Crippen LogP contribution is -2.18. The lowest BCUT2D eigenvalue weighted by Gasteiger charge is -2.04. The Hall–Kier alpha value is -1.72. The molecule has 1 aromatic carbocycles. The summed E-state index contributed by atoms with van der Waals surface area (Å²) in [6.07, 6.45) is 1.83. The summed E-state index contributed by atoms with van der Waals surface area (Å²) in [6.45, 7) is 3.87. The van der Waals surface area contributed by atoms with Crippen molar-refractivity contribution in [3.63, 3.8) is 0 Å². The standard InChI is InChI=1S/C14H18FN3O/c1-11-3-4-13(9-14(11)15)18-7-5-12(17-18)10-16-6-8-19-2/h3-5,7,9,16H,6,8,10H2,1-2H3. The molecule has 0 saturated carbocycles. The maximum absolute atomic E-state index is 13.5. The van der Waals surface area contributed by atoms with E-state index in [0.29, 0.717) is 18.7 Å². The number of nitrogens with one attached hydrogen (secondary N) is 1. The zero-order chi connectivity index (χ0) is 13.7. The van der Waals surface area contributed by atoms with Crippen molar-refractivity contribution < 1.29 is 9.13 Å². The topological polar surface area (TPSA) is 39.1 Å². The number of aromatic nitrogens is 2. The molecule has 102 valence electrons. The van der Waals surface area contributed by atoms with Crippen LogP contribution in [-0.2, 0) is 11.3 Å².